The zero-order valence-corrected chi connectivity index (χ0v) is 13.2. The van der Waals surface area contributed by atoms with Crippen molar-refractivity contribution in [3.8, 4) is 0 Å². The van der Waals surface area contributed by atoms with Crippen molar-refractivity contribution in [1.82, 2.24) is 15.3 Å². The van der Waals surface area contributed by atoms with Crippen LogP contribution in [0.15, 0.2) is 33.5 Å². The van der Waals surface area contributed by atoms with E-state index in [0.29, 0.717) is 6.54 Å². The molecule has 2 N–H and O–H groups in total. The number of nitrogens with zero attached hydrogens (tertiary/aromatic N) is 1. The van der Waals surface area contributed by atoms with E-state index in [2.05, 4.69) is 50.5 Å². The molecule has 1 aromatic carbocycles. The van der Waals surface area contributed by atoms with Crippen molar-refractivity contribution in [2.45, 2.75) is 31.2 Å². The third-order valence-electron chi connectivity index (χ3n) is 4.54. The topological polar surface area (TPSA) is 57.8 Å². The van der Waals surface area contributed by atoms with Crippen molar-refractivity contribution in [3.63, 3.8) is 0 Å². The van der Waals surface area contributed by atoms with Gasteiger partial charge in [-0.3, -0.25) is 4.79 Å². The highest BCUT2D eigenvalue weighted by Crippen LogP contribution is 2.52. The highest BCUT2D eigenvalue weighted by molar-refractivity contribution is 9.10. The molecule has 1 saturated carbocycles. The molecule has 0 unspecified atom stereocenters. The normalized spacial score (nSPS) is 19.1. The van der Waals surface area contributed by atoms with Crippen LogP contribution in [-0.4, -0.2) is 16.5 Å². The lowest BCUT2D eigenvalue weighted by molar-refractivity contribution is 0.604. The second-order valence-corrected chi connectivity index (χ2v) is 6.77. The first kappa shape index (κ1) is 13.2. The van der Waals surface area contributed by atoms with Gasteiger partial charge in [0.15, 0.2) is 0 Å². The Balaban J connectivity index is 1.81. The van der Waals surface area contributed by atoms with E-state index in [1.807, 2.05) is 0 Å². The molecule has 108 valence electrons. The fraction of sp³-hybridized carbons (Fsp3) is 0.375. The smallest absolute Gasteiger partial charge is 0.255 e. The van der Waals surface area contributed by atoms with Crippen molar-refractivity contribution in [2.75, 3.05) is 6.54 Å². The lowest BCUT2D eigenvalue weighted by Gasteiger charge is -2.20. The molecule has 4 rings (SSSR count). The van der Waals surface area contributed by atoms with Crippen LogP contribution >= 0.6 is 15.9 Å². The van der Waals surface area contributed by atoms with Gasteiger partial charge in [0.25, 0.3) is 5.56 Å². The number of halogens is 1. The molecule has 2 aliphatic rings. The molecule has 5 heteroatoms. The van der Waals surface area contributed by atoms with Gasteiger partial charge in [0.1, 0.15) is 5.82 Å². The maximum Gasteiger partial charge on any atom is 0.255 e. The summed E-state index contributed by atoms with van der Waals surface area (Å²) in [4.78, 5) is 20.1. The number of H-pyrrole nitrogens is 1. The van der Waals surface area contributed by atoms with Gasteiger partial charge in [-0.2, -0.15) is 0 Å². The zero-order valence-electron chi connectivity index (χ0n) is 11.6. The van der Waals surface area contributed by atoms with Crippen LogP contribution in [0, 0.1) is 0 Å². The van der Waals surface area contributed by atoms with Gasteiger partial charge in [-0.15, -0.1) is 0 Å². The van der Waals surface area contributed by atoms with Gasteiger partial charge in [-0.1, -0.05) is 28.1 Å². The van der Waals surface area contributed by atoms with Crippen molar-refractivity contribution in [1.29, 1.82) is 0 Å². The molecule has 4 nitrogen and oxygen atoms in total. The Morgan fingerprint density at radius 2 is 1.95 bits per heavy atom. The zero-order chi connectivity index (χ0) is 14.4. The van der Waals surface area contributed by atoms with Crippen molar-refractivity contribution < 1.29 is 0 Å². The Kier molecular flexibility index (Phi) is 3.01. The summed E-state index contributed by atoms with van der Waals surface area (Å²) >= 11 is 3.47. The second kappa shape index (κ2) is 4.78. The minimum absolute atomic E-state index is 0.0191. The summed E-state index contributed by atoms with van der Waals surface area (Å²) in [6.45, 7) is 1.53. The Labute approximate surface area is 131 Å². The number of hydrogen-bond acceptors (Lipinski definition) is 3. The Morgan fingerprint density at radius 1 is 1.19 bits per heavy atom. The van der Waals surface area contributed by atoms with Crippen molar-refractivity contribution in [3.05, 3.63) is 61.7 Å². The van der Waals surface area contributed by atoms with E-state index in [0.717, 1.165) is 47.4 Å². The van der Waals surface area contributed by atoms with Crippen molar-refractivity contribution >= 4 is 15.9 Å². The van der Waals surface area contributed by atoms with E-state index in [9.17, 15) is 4.79 Å². The SMILES string of the molecule is O=c1[nH]c(C2(c3ccc(Br)cc3)CC2)nc2c1CNCC2. The number of hydrogen-bond donors (Lipinski definition) is 2. The predicted octanol–water partition coefficient (Wildman–Crippen LogP) is 2.26. The van der Waals surface area contributed by atoms with E-state index in [4.69, 9.17) is 4.98 Å². The summed E-state index contributed by atoms with van der Waals surface area (Å²) in [7, 11) is 0. The molecule has 0 atom stereocenters. The van der Waals surface area contributed by atoms with Gasteiger partial charge in [-0.25, -0.2) is 4.98 Å². The fourth-order valence-electron chi connectivity index (χ4n) is 3.14. The summed E-state index contributed by atoms with van der Waals surface area (Å²) < 4.78 is 1.07. The Hall–Kier alpha value is -1.46. The van der Waals surface area contributed by atoms with E-state index in [1.165, 1.54) is 5.56 Å². The molecule has 21 heavy (non-hydrogen) atoms. The minimum atomic E-state index is -0.0836. The van der Waals surface area contributed by atoms with Crippen LogP contribution in [0.3, 0.4) is 0 Å². The standard InChI is InChI=1S/C16H16BrN3O/c17-11-3-1-10(2-4-11)16(6-7-16)15-19-13-5-8-18-9-12(13)14(21)20-15/h1-4,18H,5-9H2,(H,19,20,21). The molecule has 1 fully saturated rings. The first-order valence-corrected chi connectivity index (χ1v) is 8.08. The number of aromatic amines is 1. The van der Waals surface area contributed by atoms with Gasteiger partial charge in [0.2, 0.25) is 0 Å². The highest BCUT2D eigenvalue weighted by Gasteiger charge is 2.48. The van der Waals surface area contributed by atoms with Gasteiger partial charge in [-0.05, 0) is 30.5 Å². The summed E-state index contributed by atoms with van der Waals surface area (Å²) in [6.07, 6.45) is 2.94. The van der Waals surface area contributed by atoms with Gasteiger partial charge >= 0.3 is 0 Å². The average molecular weight is 346 g/mol. The Morgan fingerprint density at radius 3 is 2.67 bits per heavy atom. The fourth-order valence-corrected chi connectivity index (χ4v) is 3.40. The Bertz CT molecular complexity index is 747. The molecule has 0 amide bonds. The lowest BCUT2D eigenvalue weighted by atomic mass is 9.94. The molecule has 1 aliphatic carbocycles. The van der Waals surface area contributed by atoms with Gasteiger partial charge in [0.05, 0.1) is 16.7 Å². The molecule has 2 aromatic rings. The highest BCUT2D eigenvalue weighted by atomic mass is 79.9. The first-order chi connectivity index (χ1) is 10.2. The quantitative estimate of drug-likeness (QED) is 0.877. The minimum Gasteiger partial charge on any atom is -0.312 e. The number of fused-ring (bicyclic) bond motifs is 1. The first-order valence-electron chi connectivity index (χ1n) is 7.28. The lowest BCUT2D eigenvalue weighted by Crippen LogP contribution is -2.33. The molecular weight excluding hydrogens is 330 g/mol. The van der Waals surface area contributed by atoms with E-state index < -0.39 is 0 Å². The van der Waals surface area contributed by atoms with Crippen LogP contribution in [0.2, 0.25) is 0 Å². The molecular formula is C16H16BrN3O. The van der Waals surface area contributed by atoms with E-state index in [1.54, 1.807) is 0 Å². The van der Waals surface area contributed by atoms with Crippen LogP contribution in [0.1, 0.15) is 35.5 Å². The predicted molar refractivity (Wildman–Crippen MR) is 84.4 cm³/mol. The van der Waals surface area contributed by atoms with E-state index >= 15 is 0 Å². The third kappa shape index (κ3) is 2.15. The maximum atomic E-state index is 12.3. The third-order valence-corrected chi connectivity index (χ3v) is 5.07. The molecule has 2 heterocycles. The van der Waals surface area contributed by atoms with Crippen LogP contribution in [0.25, 0.3) is 0 Å². The molecule has 0 saturated heterocycles. The van der Waals surface area contributed by atoms with Crippen LogP contribution in [0.5, 0.6) is 0 Å². The summed E-state index contributed by atoms with van der Waals surface area (Å²) in [5.74, 6) is 0.843. The summed E-state index contributed by atoms with van der Waals surface area (Å²) in [5, 5.41) is 3.23. The van der Waals surface area contributed by atoms with Crippen LogP contribution in [0.4, 0.5) is 0 Å². The molecule has 1 aromatic heterocycles. The van der Waals surface area contributed by atoms with E-state index in [-0.39, 0.29) is 11.0 Å². The monoisotopic (exact) mass is 345 g/mol. The molecule has 0 bridgehead atoms. The second-order valence-electron chi connectivity index (χ2n) is 5.86. The average Bonchev–Trinajstić information content (AvgIpc) is 3.30. The number of nitrogens with one attached hydrogen (secondary N) is 2. The van der Waals surface area contributed by atoms with Crippen LogP contribution in [-0.2, 0) is 18.4 Å². The number of aromatic nitrogens is 2. The largest absolute Gasteiger partial charge is 0.312 e. The number of rotatable bonds is 2. The summed E-state index contributed by atoms with van der Waals surface area (Å²) in [6, 6.07) is 8.35. The van der Waals surface area contributed by atoms with Gasteiger partial charge in [0, 0.05) is 24.0 Å². The van der Waals surface area contributed by atoms with Gasteiger partial charge < -0.3 is 10.3 Å². The molecule has 0 radical (unpaired) electrons. The van der Waals surface area contributed by atoms with Crippen LogP contribution < -0.4 is 10.9 Å². The maximum absolute atomic E-state index is 12.3. The molecule has 0 spiro atoms. The molecule has 1 aliphatic heterocycles. The summed E-state index contributed by atoms with van der Waals surface area (Å²) in [5.41, 5.74) is 2.94. The van der Waals surface area contributed by atoms with Crippen molar-refractivity contribution in [2.24, 2.45) is 0 Å². The number of benzene rings is 1.